The van der Waals surface area contributed by atoms with E-state index in [0.29, 0.717) is 11.9 Å². The van der Waals surface area contributed by atoms with E-state index in [1.165, 1.54) is 4.80 Å². The Labute approximate surface area is 129 Å². The lowest BCUT2D eigenvalue weighted by Gasteiger charge is -2.28. The first-order chi connectivity index (χ1) is 10.7. The number of benzene rings is 1. The highest BCUT2D eigenvalue weighted by molar-refractivity contribution is 5.75. The molecule has 1 aromatic heterocycles. The highest BCUT2D eigenvalue weighted by atomic mass is 16.2. The van der Waals surface area contributed by atoms with Crippen molar-refractivity contribution in [1.82, 2.24) is 30.8 Å². The molecule has 1 aliphatic rings. The molecule has 2 unspecified atom stereocenters. The molecular formula is C15H20N6O. The third kappa shape index (κ3) is 3.67. The molecule has 2 N–H and O–H groups in total. The molecule has 0 bridgehead atoms. The van der Waals surface area contributed by atoms with Gasteiger partial charge in [0.2, 0.25) is 11.7 Å². The number of carbonyl (C=O) groups is 1. The van der Waals surface area contributed by atoms with Gasteiger partial charge in [0.25, 0.3) is 0 Å². The highest BCUT2D eigenvalue weighted by Gasteiger charge is 2.20. The topological polar surface area (TPSA) is 84.7 Å². The van der Waals surface area contributed by atoms with E-state index in [-0.39, 0.29) is 18.5 Å². The molecule has 2 aromatic rings. The number of hydrogen-bond donors (Lipinski definition) is 2. The Morgan fingerprint density at radius 3 is 3.00 bits per heavy atom. The number of aromatic nitrogens is 4. The van der Waals surface area contributed by atoms with Crippen LogP contribution in [-0.4, -0.2) is 44.7 Å². The van der Waals surface area contributed by atoms with E-state index in [2.05, 4.69) is 33.0 Å². The highest BCUT2D eigenvalue weighted by Crippen LogP contribution is 2.12. The number of rotatable bonds is 4. The van der Waals surface area contributed by atoms with Gasteiger partial charge in [0, 0.05) is 17.6 Å². The summed E-state index contributed by atoms with van der Waals surface area (Å²) in [6, 6.07) is 10.3. The van der Waals surface area contributed by atoms with Crippen molar-refractivity contribution in [3.63, 3.8) is 0 Å². The molecule has 1 saturated heterocycles. The minimum Gasteiger partial charge on any atom is -0.352 e. The zero-order valence-electron chi connectivity index (χ0n) is 12.6. The fourth-order valence-corrected chi connectivity index (χ4v) is 2.68. The van der Waals surface area contributed by atoms with Crippen LogP contribution in [0.1, 0.15) is 19.8 Å². The van der Waals surface area contributed by atoms with Crippen molar-refractivity contribution >= 4 is 5.91 Å². The fraction of sp³-hybridized carbons (Fsp3) is 0.467. The van der Waals surface area contributed by atoms with Gasteiger partial charge in [-0.25, -0.2) is 0 Å². The Kier molecular flexibility index (Phi) is 4.43. The van der Waals surface area contributed by atoms with Crippen molar-refractivity contribution < 1.29 is 4.79 Å². The van der Waals surface area contributed by atoms with Gasteiger partial charge in [0.15, 0.2) is 0 Å². The molecule has 116 valence electrons. The maximum atomic E-state index is 12.1. The number of nitrogens with one attached hydrogen (secondary N) is 2. The van der Waals surface area contributed by atoms with Crippen LogP contribution in [0, 0.1) is 0 Å². The van der Waals surface area contributed by atoms with E-state index >= 15 is 0 Å². The summed E-state index contributed by atoms with van der Waals surface area (Å²) in [6.07, 6.45) is 1.90. The van der Waals surface area contributed by atoms with Gasteiger partial charge in [-0.05, 0) is 31.5 Å². The molecule has 7 nitrogen and oxygen atoms in total. The van der Waals surface area contributed by atoms with Gasteiger partial charge in [-0.1, -0.05) is 30.3 Å². The van der Waals surface area contributed by atoms with Crippen LogP contribution in [0.4, 0.5) is 0 Å². The Hall–Kier alpha value is -2.28. The van der Waals surface area contributed by atoms with Gasteiger partial charge in [-0.3, -0.25) is 4.79 Å². The van der Waals surface area contributed by atoms with Gasteiger partial charge in [-0.15, -0.1) is 10.2 Å². The van der Waals surface area contributed by atoms with Crippen LogP contribution < -0.4 is 10.6 Å². The lowest BCUT2D eigenvalue weighted by Crippen LogP contribution is -2.47. The molecule has 0 radical (unpaired) electrons. The van der Waals surface area contributed by atoms with Crippen LogP contribution in [0.2, 0.25) is 0 Å². The van der Waals surface area contributed by atoms with Gasteiger partial charge in [0.05, 0.1) is 0 Å². The zero-order valence-corrected chi connectivity index (χ0v) is 12.6. The molecule has 7 heteroatoms. The first-order valence-corrected chi connectivity index (χ1v) is 7.56. The number of hydrogen-bond acceptors (Lipinski definition) is 5. The average molecular weight is 300 g/mol. The number of tetrazole rings is 1. The summed E-state index contributed by atoms with van der Waals surface area (Å²) < 4.78 is 0. The second-order valence-electron chi connectivity index (χ2n) is 5.65. The van der Waals surface area contributed by atoms with Crippen molar-refractivity contribution in [3.8, 4) is 11.4 Å². The number of amides is 1. The SMILES string of the molecule is CC1CC(NC(=O)Cn2nnc(-c3ccccc3)n2)CCN1. The Balaban J connectivity index is 1.57. The fourth-order valence-electron chi connectivity index (χ4n) is 2.68. The third-order valence-corrected chi connectivity index (χ3v) is 3.76. The Morgan fingerprint density at radius 1 is 1.41 bits per heavy atom. The number of piperidine rings is 1. The summed E-state index contributed by atoms with van der Waals surface area (Å²) in [5, 5.41) is 18.6. The Bertz CT molecular complexity index is 626. The lowest BCUT2D eigenvalue weighted by atomic mass is 10.0. The van der Waals surface area contributed by atoms with Crippen molar-refractivity contribution in [2.45, 2.75) is 38.4 Å². The average Bonchev–Trinajstić information content (AvgIpc) is 2.96. The zero-order chi connectivity index (χ0) is 15.4. The maximum absolute atomic E-state index is 12.1. The minimum atomic E-state index is -0.0730. The molecule has 1 aliphatic heterocycles. The maximum Gasteiger partial charge on any atom is 0.243 e. The van der Waals surface area contributed by atoms with E-state index in [0.717, 1.165) is 24.9 Å². The smallest absolute Gasteiger partial charge is 0.243 e. The number of nitrogens with zero attached hydrogens (tertiary/aromatic N) is 4. The molecule has 0 aliphatic carbocycles. The van der Waals surface area contributed by atoms with Crippen LogP contribution in [0.25, 0.3) is 11.4 Å². The first-order valence-electron chi connectivity index (χ1n) is 7.56. The largest absolute Gasteiger partial charge is 0.352 e. The van der Waals surface area contributed by atoms with Crippen molar-refractivity contribution in [1.29, 1.82) is 0 Å². The number of carbonyl (C=O) groups excluding carboxylic acids is 1. The summed E-state index contributed by atoms with van der Waals surface area (Å²) in [5.74, 6) is 0.458. The molecule has 2 atom stereocenters. The molecule has 2 heterocycles. The predicted molar refractivity (Wildman–Crippen MR) is 81.9 cm³/mol. The summed E-state index contributed by atoms with van der Waals surface area (Å²) in [5.41, 5.74) is 0.890. The lowest BCUT2D eigenvalue weighted by molar-refractivity contribution is -0.123. The van der Waals surface area contributed by atoms with Crippen LogP contribution in [0.15, 0.2) is 30.3 Å². The molecule has 0 saturated carbocycles. The normalized spacial score (nSPS) is 21.5. The van der Waals surface area contributed by atoms with E-state index in [9.17, 15) is 4.79 Å². The van der Waals surface area contributed by atoms with Crippen LogP contribution in [0.3, 0.4) is 0 Å². The Morgan fingerprint density at radius 2 is 2.23 bits per heavy atom. The molecule has 0 spiro atoms. The van der Waals surface area contributed by atoms with Crippen molar-refractivity contribution in [2.24, 2.45) is 0 Å². The van der Waals surface area contributed by atoms with Crippen LogP contribution in [0.5, 0.6) is 0 Å². The van der Waals surface area contributed by atoms with E-state index < -0.39 is 0 Å². The summed E-state index contributed by atoms with van der Waals surface area (Å²) in [4.78, 5) is 13.4. The summed E-state index contributed by atoms with van der Waals surface area (Å²) in [6.45, 7) is 3.16. The summed E-state index contributed by atoms with van der Waals surface area (Å²) >= 11 is 0. The third-order valence-electron chi connectivity index (χ3n) is 3.76. The summed E-state index contributed by atoms with van der Waals surface area (Å²) in [7, 11) is 0. The van der Waals surface area contributed by atoms with E-state index in [1.54, 1.807) is 0 Å². The van der Waals surface area contributed by atoms with Crippen LogP contribution in [-0.2, 0) is 11.3 Å². The molecule has 3 rings (SSSR count). The van der Waals surface area contributed by atoms with E-state index in [1.807, 2.05) is 30.3 Å². The second kappa shape index (κ2) is 6.65. The quantitative estimate of drug-likeness (QED) is 0.863. The first kappa shape index (κ1) is 14.6. The van der Waals surface area contributed by atoms with Gasteiger partial charge >= 0.3 is 0 Å². The van der Waals surface area contributed by atoms with Gasteiger partial charge in [-0.2, -0.15) is 4.80 Å². The van der Waals surface area contributed by atoms with Crippen molar-refractivity contribution in [2.75, 3.05) is 6.54 Å². The molecule has 1 amide bonds. The molecule has 1 fully saturated rings. The van der Waals surface area contributed by atoms with Gasteiger partial charge in [0.1, 0.15) is 6.54 Å². The standard InChI is InChI=1S/C15H20N6O/c1-11-9-13(7-8-16-11)17-14(22)10-21-19-15(18-20-21)12-5-3-2-4-6-12/h2-6,11,13,16H,7-10H2,1H3,(H,17,22). The van der Waals surface area contributed by atoms with E-state index in [4.69, 9.17) is 0 Å². The molecule has 22 heavy (non-hydrogen) atoms. The van der Waals surface area contributed by atoms with Crippen LogP contribution >= 0.6 is 0 Å². The van der Waals surface area contributed by atoms with Crippen molar-refractivity contribution in [3.05, 3.63) is 30.3 Å². The van der Waals surface area contributed by atoms with Gasteiger partial charge < -0.3 is 10.6 Å². The monoisotopic (exact) mass is 300 g/mol. The molecular weight excluding hydrogens is 280 g/mol. The molecule has 1 aromatic carbocycles. The minimum absolute atomic E-state index is 0.0730. The second-order valence-corrected chi connectivity index (χ2v) is 5.65. The predicted octanol–water partition coefficient (Wildman–Crippen LogP) is 0.597.